The number of rotatable bonds is 3. The van der Waals surface area contributed by atoms with E-state index in [2.05, 4.69) is 10.5 Å². The molecule has 0 aromatic heterocycles. The summed E-state index contributed by atoms with van der Waals surface area (Å²) >= 11 is 0. The summed E-state index contributed by atoms with van der Waals surface area (Å²) in [6, 6.07) is 0. The molecule has 1 unspecified atom stereocenters. The lowest BCUT2D eigenvalue weighted by atomic mass is 9.92. The Labute approximate surface area is 110 Å². The highest BCUT2D eigenvalue weighted by Gasteiger charge is 2.49. The Balaban J connectivity index is 2.23. The van der Waals surface area contributed by atoms with Gasteiger partial charge in [0.25, 0.3) is 5.91 Å². The number of carboxylic acids is 1. The van der Waals surface area contributed by atoms with Crippen LogP contribution in [0.15, 0.2) is 5.10 Å². The number of carbonyl (C=O) groups excluding carboxylic acids is 2. The van der Waals surface area contributed by atoms with Gasteiger partial charge in [0, 0.05) is 19.4 Å². The van der Waals surface area contributed by atoms with Crippen LogP contribution in [0.25, 0.3) is 0 Å². The molecule has 0 radical (unpaired) electrons. The van der Waals surface area contributed by atoms with Crippen LogP contribution in [0.1, 0.15) is 39.0 Å². The molecule has 1 atom stereocenters. The molecule has 2 aliphatic rings. The molecule has 104 valence electrons. The second-order valence-electron chi connectivity index (χ2n) is 4.84. The number of likely N-dealkylation sites (tertiary alicyclic amines) is 1. The first-order chi connectivity index (χ1) is 9.01. The average Bonchev–Trinajstić information content (AvgIpc) is 2.83. The predicted molar refractivity (Wildman–Crippen MR) is 66.4 cm³/mol. The third-order valence-electron chi connectivity index (χ3n) is 3.87. The molecule has 0 bridgehead atoms. The summed E-state index contributed by atoms with van der Waals surface area (Å²) in [4.78, 5) is 36.3. The smallest absolute Gasteiger partial charge is 0.329 e. The first-order valence-electron chi connectivity index (χ1n) is 6.42. The molecule has 0 aliphatic carbocycles. The fourth-order valence-corrected chi connectivity index (χ4v) is 2.70. The van der Waals surface area contributed by atoms with Crippen molar-refractivity contribution in [2.24, 2.45) is 5.10 Å². The summed E-state index contributed by atoms with van der Waals surface area (Å²) in [6.45, 7) is 2.19. The first-order valence-corrected chi connectivity index (χ1v) is 6.42. The van der Waals surface area contributed by atoms with Crippen LogP contribution in [0, 0.1) is 0 Å². The Morgan fingerprint density at radius 1 is 1.47 bits per heavy atom. The van der Waals surface area contributed by atoms with Gasteiger partial charge < -0.3 is 10.0 Å². The maximum atomic E-state index is 12.4. The average molecular weight is 267 g/mol. The molecule has 19 heavy (non-hydrogen) atoms. The molecule has 1 fully saturated rings. The van der Waals surface area contributed by atoms with Crippen molar-refractivity contribution in [1.29, 1.82) is 0 Å². The fourth-order valence-electron chi connectivity index (χ4n) is 2.70. The Kier molecular flexibility index (Phi) is 3.55. The molecular formula is C12H17N3O4. The summed E-state index contributed by atoms with van der Waals surface area (Å²) in [5.41, 5.74) is 1.38. The van der Waals surface area contributed by atoms with Crippen LogP contribution >= 0.6 is 0 Å². The van der Waals surface area contributed by atoms with E-state index >= 15 is 0 Å². The summed E-state index contributed by atoms with van der Waals surface area (Å²) in [5.74, 6) is -1.57. The van der Waals surface area contributed by atoms with E-state index in [1.807, 2.05) is 0 Å². The lowest BCUT2D eigenvalue weighted by molar-refractivity contribution is -0.154. The van der Waals surface area contributed by atoms with E-state index in [-0.39, 0.29) is 30.4 Å². The van der Waals surface area contributed by atoms with E-state index in [1.54, 1.807) is 6.92 Å². The Bertz CT molecular complexity index is 460. The highest BCUT2D eigenvalue weighted by molar-refractivity contribution is 6.40. The van der Waals surface area contributed by atoms with E-state index < -0.39 is 11.5 Å². The number of hydrogen-bond donors (Lipinski definition) is 2. The van der Waals surface area contributed by atoms with Crippen molar-refractivity contribution < 1.29 is 19.5 Å². The number of nitrogens with zero attached hydrogens (tertiary/aromatic N) is 2. The highest BCUT2D eigenvalue weighted by atomic mass is 16.4. The van der Waals surface area contributed by atoms with E-state index in [9.17, 15) is 19.5 Å². The largest absolute Gasteiger partial charge is 0.479 e. The molecule has 2 amide bonds. The van der Waals surface area contributed by atoms with Crippen molar-refractivity contribution in [2.45, 2.75) is 44.6 Å². The van der Waals surface area contributed by atoms with Gasteiger partial charge >= 0.3 is 5.97 Å². The van der Waals surface area contributed by atoms with E-state index in [4.69, 9.17) is 0 Å². The number of carbonyl (C=O) groups is 3. The van der Waals surface area contributed by atoms with E-state index in [0.717, 1.165) is 0 Å². The van der Waals surface area contributed by atoms with Gasteiger partial charge in [-0.3, -0.25) is 9.59 Å². The van der Waals surface area contributed by atoms with Crippen molar-refractivity contribution in [3.63, 3.8) is 0 Å². The normalized spacial score (nSPS) is 26.9. The summed E-state index contributed by atoms with van der Waals surface area (Å²) in [6.07, 6.45) is 1.98. The zero-order chi connectivity index (χ0) is 14.0. The first kappa shape index (κ1) is 13.5. The van der Waals surface area contributed by atoms with Crippen molar-refractivity contribution in [3.05, 3.63) is 0 Å². The molecule has 0 aromatic rings. The third kappa shape index (κ3) is 2.20. The van der Waals surface area contributed by atoms with Gasteiger partial charge in [0.05, 0.1) is 0 Å². The molecular weight excluding hydrogens is 250 g/mol. The van der Waals surface area contributed by atoms with Crippen molar-refractivity contribution in [2.75, 3.05) is 6.54 Å². The second-order valence-corrected chi connectivity index (χ2v) is 4.84. The van der Waals surface area contributed by atoms with Crippen LogP contribution in [0.2, 0.25) is 0 Å². The summed E-state index contributed by atoms with van der Waals surface area (Å²) < 4.78 is 0. The Morgan fingerprint density at radius 3 is 2.74 bits per heavy atom. The predicted octanol–water partition coefficient (Wildman–Crippen LogP) is 0.108. The van der Waals surface area contributed by atoms with Crippen LogP contribution in [-0.4, -0.2) is 45.6 Å². The standard InChI is InChI=1S/C12H17N3O4/c1-2-12(11(18)19)6-3-7-15(12)10(17)8-4-5-9(16)14-13-8/h2-7H2,1H3,(H,14,16)(H,18,19). The highest BCUT2D eigenvalue weighted by Crippen LogP contribution is 2.33. The minimum absolute atomic E-state index is 0.213. The molecule has 0 spiro atoms. The molecule has 7 heteroatoms. The Morgan fingerprint density at radius 2 is 2.21 bits per heavy atom. The lowest BCUT2D eigenvalue weighted by Crippen LogP contribution is -2.55. The van der Waals surface area contributed by atoms with Gasteiger partial charge in [-0.1, -0.05) is 6.92 Å². The van der Waals surface area contributed by atoms with Crippen molar-refractivity contribution in [1.82, 2.24) is 10.3 Å². The van der Waals surface area contributed by atoms with E-state index in [1.165, 1.54) is 4.90 Å². The van der Waals surface area contributed by atoms with E-state index in [0.29, 0.717) is 25.8 Å². The number of aliphatic carboxylic acids is 1. The molecule has 2 heterocycles. The summed E-state index contributed by atoms with van der Waals surface area (Å²) in [5, 5.41) is 13.2. The second kappa shape index (κ2) is 4.99. The molecule has 1 saturated heterocycles. The number of amides is 2. The molecule has 0 aromatic carbocycles. The zero-order valence-electron chi connectivity index (χ0n) is 10.8. The number of hydrogen-bond acceptors (Lipinski definition) is 4. The van der Waals surface area contributed by atoms with Gasteiger partial charge in [0.15, 0.2) is 0 Å². The molecule has 0 saturated carbocycles. The molecule has 2 N–H and O–H groups in total. The zero-order valence-corrected chi connectivity index (χ0v) is 10.8. The fraction of sp³-hybridized carbons (Fsp3) is 0.667. The quantitative estimate of drug-likeness (QED) is 0.758. The van der Waals surface area contributed by atoms with Crippen LogP contribution in [0.5, 0.6) is 0 Å². The SMILES string of the molecule is CCC1(C(=O)O)CCCN1C(=O)C1=NNC(=O)CC1. The van der Waals surface area contributed by atoms with Gasteiger partial charge in [-0.05, 0) is 19.3 Å². The van der Waals surface area contributed by atoms with Gasteiger partial charge in [-0.2, -0.15) is 5.10 Å². The maximum absolute atomic E-state index is 12.4. The maximum Gasteiger partial charge on any atom is 0.329 e. The van der Waals surface area contributed by atoms with Crippen LogP contribution in [0.4, 0.5) is 0 Å². The van der Waals surface area contributed by atoms with Crippen LogP contribution < -0.4 is 5.43 Å². The summed E-state index contributed by atoms with van der Waals surface area (Å²) in [7, 11) is 0. The number of hydrazone groups is 1. The van der Waals surface area contributed by atoms with Gasteiger partial charge in [0.1, 0.15) is 11.3 Å². The lowest BCUT2D eigenvalue weighted by Gasteiger charge is -2.34. The third-order valence-corrected chi connectivity index (χ3v) is 3.87. The van der Waals surface area contributed by atoms with Crippen LogP contribution in [-0.2, 0) is 14.4 Å². The minimum atomic E-state index is -1.12. The van der Waals surface area contributed by atoms with Crippen molar-refractivity contribution in [3.8, 4) is 0 Å². The molecule has 7 nitrogen and oxygen atoms in total. The molecule has 2 rings (SSSR count). The van der Waals surface area contributed by atoms with Crippen LogP contribution in [0.3, 0.4) is 0 Å². The van der Waals surface area contributed by atoms with Crippen molar-refractivity contribution >= 4 is 23.5 Å². The number of carboxylic acid groups (broad SMARTS) is 1. The minimum Gasteiger partial charge on any atom is -0.479 e. The van der Waals surface area contributed by atoms with Gasteiger partial charge in [0.2, 0.25) is 5.91 Å². The monoisotopic (exact) mass is 267 g/mol. The molecule has 2 aliphatic heterocycles. The Hall–Kier alpha value is -1.92. The van der Waals surface area contributed by atoms with Gasteiger partial charge in [-0.15, -0.1) is 0 Å². The topological polar surface area (TPSA) is 99.1 Å². The number of nitrogens with one attached hydrogen (secondary N) is 1. The van der Waals surface area contributed by atoms with Gasteiger partial charge in [-0.25, -0.2) is 10.2 Å².